The van der Waals surface area contributed by atoms with Crippen LogP contribution in [-0.2, 0) is 52.1 Å². The Balaban J connectivity index is 1.16. The molecule has 4 amide bonds. The molecule has 8 rings (SSSR count). The first kappa shape index (κ1) is 53.6. The maximum atomic E-state index is 15.7. The minimum absolute atomic E-state index is 0.0330. The number of carbonyl (C=O) groups is 4. The van der Waals surface area contributed by atoms with Crippen molar-refractivity contribution in [1.82, 2.24) is 4.90 Å². The van der Waals surface area contributed by atoms with Gasteiger partial charge in [-0.3, -0.25) is 19.2 Å². The first-order valence-corrected chi connectivity index (χ1v) is 27.0. The van der Waals surface area contributed by atoms with Crippen molar-refractivity contribution in [1.29, 1.82) is 0 Å². The lowest BCUT2D eigenvalue weighted by Gasteiger charge is -2.37. The van der Waals surface area contributed by atoms with Crippen molar-refractivity contribution in [2.75, 3.05) is 35.8 Å². The number of hydrogen-bond donors (Lipinski definition) is 11. The number of aliphatic hydroxyl groups excluding tert-OH is 9. The molecule has 4 aliphatic heterocycles. The van der Waals surface area contributed by atoms with Crippen molar-refractivity contribution >= 4 is 54.0 Å². The van der Waals surface area contributed by atoms with Crippen molar-refractivity contribution in [2.45, 2.75) is 118 Å². The van der Waals surface area contributed by atoms with Gasteiger partial charge in [-0.2, -0.15) is 0 Å². The van der Waals surface area contributed by atoms with E-state index < -0.39 is 110 Å². The summed E-state index contributed by atoms with van der Waals surface area (Å²) in [5, 5.41) is 98.0. The molecule has 0 saturated carbocycles. The van der Waals surface area contributed by atoms with Crippen LogP contribution in [0.4, 0.5) is 17.1 Å². The number of fused-ring (bicyclic) bond motifs is 2. The van der Waals surface area contributed by atoms with Crippen molar-refractivity contribution in [3.05, 3.63) is 114 Å². The Morgan fingerprint density at radius 1 is 0.726 bits per heavy atom. The van der Waals surface area contributed by atoms with E-state index >= 15 is 4.79 Å². The van der Waals surface area contributed by atoms with Gasteiger partial charge in [-0.05, 0) is 59.1 Å². The van der Waals surface area contributed by atoms with Gasteiger partial charge in [0.2, 0.25) is 5.91 Å². The normalized spacial score (nSPS) is 31.0. The summed E-state index contributed by atoms with van der Waals surface area (Å²) in [6, 6.07) is 28.0. The Bertz CT molecular complexity index is 2630. The number of amides is 4. The zero-order valence-electron chi connectivity index (χ0n) is 40.5. The van der Waals surface area contributed by atoms with Crippen LogP contribution in [0.1, 0.15) is 30.0 Å². The number of ether oxygens (including phenoxy) is 4. The van der Waals surface area contributed by atoms with E-state index in [2.05, 4.69) is 23.7 Å². The Labute approximate surface area is 421 Å². The molecule has 392 valence electrons. The van der Waals surface area contributed by atoms with Gasteiger partial charge in [0.05, 0.1) is 46.5 Å². The maximum Gasteiger partial charge on any atom is 0.264 e. The summed E-state index contributed by atoms with van der Waals surface area (Å²) in [6.07, 6.45) is -19.8. The van der Waals surface area contributed by atoms with Crippen LogP contribution in [0.2, 0.25) is 18.6 Å². The second kappa shape index (κ2) is 21.6. The van der Waals surface area contributed by atoms with Crippen LogP contribution in [0.3, 0.4) is 0 Å². The molecule has 14 atom stereocenters. The first-order valence-electron chi connectivity index (χ1n) is 23.9. The molecular formula is C51H62N4O17Si. The predicted molar refractivity (Wildman–Crippen MR) is 262 cm³/mol. The number of nitrogens with zero attached hydrogens (tertiary/aromatic N) is 2. The van der Waals surface area contributed by atoms with E-state index in [1.807, 2.05) is 61.5 Å². The van der Waals surface area contributed by atoms with Gasteiger partial charge < -0.3 is 85.3 Å². The Morgan fingerprint density at radius 3 is 1.85 bits per heavy atom. The van der Waals surface area contributed by atoms with E-state index in [0.717, 1.165) is 10.8 Å². The number of nitrogens with one attached hydrogen (secondary N) is 2. The van der Waals surface area contributed by atoms with Gasteiger partial charge in [0.1, 0.15) is 42.4 Å². The zero-order valence-corrected chi connectivity index (χ0v) is 41.5. The Hall–Kier alpha value is -5.70. The van der Waals surface area contributed by atoms with Crippen molar-refractivity contribution in [3.63, 3.8) is 0 Å². The monoisotopic (exact) mass is 1030 g/mol. The van der Waals surface area contributed by atoms with Gasteiger partial charge in [0, 0.05) is 35.9 Å². The minimum Gasteiger partial charge on any atom is -0.497 e. The smallest absolute Gasteiger partial charge is 0.264 e. The molecule has 0 bridgehead atoms. The molecule has 4 aliphatic rings. The SMILES string of the molecule is COc1ccc([Si](C)(C)[C@@H]2[C@@H](CC(=O)N(CCO)Cc3ccccc3)O[C@]3(C(=O)N(Cc4ccc(NC(=O)[C@H]5O[C@@H](O)[C@H](O)[C@@H](O)[C@@H]5O)cc4)c4ccc(NC(=O)[C@H]5O[C@@H](O)[C@H](O)[C@@H](O)[C@@H]5O)cc43)[C@H]2C)cc1. The quantitative estimate of drug-likeness (QED) is 0.0659. The molecule has 3 fully saturated rings. The van der Waals surface area contributed by atoms with Crippen LogP contribution in [0.15, 0.2) is 97.1 Å². The molecule has 22 heteroatoms. The average Bonchev–Trinajstić information content (AvgIpc) is 3.80. The number of aliphatic hydroxyl groups is 9. The van der Waals surface area contributed by atoms with E-state index in [4.69, 9.17) is 18.9 Å². The first-order chi connectivity index (χ1) is 34.7. The fourth-order valence-corrected chi connectivity index (χ4v) is 14.7. The fourth-order valence-electron chi connectivity index (χ4n) is 10.7. The van der Waals surface area contributed by atoms with Gasteiger partial charge in [-0.1, -0.05) is 79.8 Å². The van der Waals surface area contributed by atoms with Crippen LogP contribution in [-0.4, -0.2) is 170 Å². The van der Waals surface area contributed by atoms with Crippen LogP contribution < -0.4 is 25.5 Å². The summed E-state index contributed by atoms with van der Waals surface area (Å²) in [7, 11) is -1.27. The van der Waals surface area contributed by atoms with E-state index in [0.29, 0.717) is 22.6 Å². The highest BCUT2D eigenvalue weighted by Crippen LogP contribution is 2.60. The standard InChI is InChI=1S/C51H62N4O17Si/c1-26-45(73(3,4)32-17-15-31(69-2)16-18-32)35(23-36(57)54(20-21-56)24-27-8-6-5-7-9-27)72-51(26)33-22-30(53-47(65)44-40(61)38(59)42(63)49(67)71-44)14-19-34(33)55(50(51)68)25-28-10-12-29(13-11-28)52-46(64)43-39(60)37(58)41(62)48(66)70-43/h5-19,22,26,35,37-45,48-49,56,58-63,66-67H,20-21,23-25H2,1-4H3,(H,52,64)(H,53,65)/t26-,35+,37-,38-,39-,40-,41+,42+,43-,44-,45-,48+,49+,51+/m0/s1. The van der Waals surface area contributed by atoms with Crippen LogP contribution in [0, 0.1) is 5.92 Å². The molecule has 4 aromatic carbocycles. The van der Waals surface area contributed by atoms with Crippen molar-refractivity contribution in [3.8, 4) is 5.75 Å². The third kappa shape index (κ3) is 10.3. The van der Waals surface area contributed by atoms with E-state index in [1.54, 1.807) is 36.3 Å². The van der Waals surface area contributed by atoms with Crippen LogP contribution in [0.5, 0.6) is 5.75 Å². The number of anilines is 3. The largest absolute Gasteiger partial charge is 0.497 e. The molecule has 21 nitrogen and oxygen atoms in total. The van der Waals surface area contributed by atoms with E-state index in [1.165, 1.54) is 23.1 Å². The lowest BCUT2D eigenvalue weighted by molar-refractivity contribution is -0.274. The molecule has 73 heavy (non-hydrogen) atoms. The Morgan fingerprint density at radius 2 is 1.29 bits per heavy atom. The van der Waals surface area contributed by atoms with Crippen LogP contribution >= 0.6 is 0 Å². The minimum atomic E-state index is -2.83. The number of carbonyl (C=O) groups excluding carboxylic acids is 4. The lowest BCUT2D eigenvalue weighted by atomic mass is 9.82. The number of methoxy groups -OCH3 is 1. The summed E-state index contributed by atoms with van der Waals surface area (Å²) in [5.41, 5.74) is 0.243. The highest BCUT2D eigenvalue weighted by molar-refractivity contribution is 6.91. The molecule has 0 aromatic heterocycles. The second-order valence-electron chi connectivity index (χ2n) is 19.5. The Kier molecular flexibility index (Phi) is 15.9. The summed E-state index contributed by atoms with van der Waals surface area (Å²) >= 11 is 0. The molecule has 4 heterocycles. The summed E-state index contributed by atoms with van der Waals surface area (Å²) in [5.74, 6) is -2.71. The maximum absolute atomic E-state index is 15.7. The number of rotatable bonds is 15. The molecular weight excluding hydrogens is 969 g/mol. The molecule has 4 aromatic rings. The highest BCUT2D eigenvalue weighted by atomic mass is 28.3. The summed E-state index contributed by atoms with van der Waals surface area (Å²) in [4.78, 5) is 60.3. The third-order valence-corrected chi connectivity index (χ3v) is 19.0. The third-order valence-electron chi connectivity index (χ3n) is 14.7. The lowest BCUT2D eigenvalue weighted by Crippen LogP contribution is -2.60. The molecule has 1 spiro atoms. The fraction of sp³-hybridized carbons (Fsp3) is 0.451. The zero-order chi connectivity index (χ0) is 52.7. The van der Waals surface area contributed by atoms with Gasteiger partial charge in [-0.15, -0.1) is 0 Å². The van der Waals surface area contributed by atoms with Gasteiger partial charge in [-0.25, -0.2) is 0 Å². The summed E-state index contributed by atoms with van der Waals surface area (Å²) < 4.78 is 23.0. The average molecular weight is 1030 g/mol. The topological polar surface area (TPSA) is 318 Å². The van der Waals surface area contributed by atoms with Gasteiger partial charge >= 0.3 is 0 Å². The highest BCUT2D eigenvalue weighted by Gasteiger charge is 2.66. The molecule has 3 saturated heterocycles. The summed E-state index contributed by atoms with van der Waals surface area (Å²) in [6.45, 7) is 6.07. The molecule has 0 aliphatic carbocycles. The van der Waals surface area contributed by atoms with Gasteiger partial charge in [0.15, 0.2) is 30.4 Å². The molecule has 11 N–H and O–H groups in total. The van der Waals surface area contributed by atoms with E-state index in [9.17, 15) is 60.3 Å². The van der Waals surface area contributed by atoms with E-state index in [-0.39, 0.29) is 49.9 Å². The molecule has 0 unspecified atom stereocenters. The van der Waals surface area contributed by atoms with Crippen LogP contribution in [0.25, 0.3) is 0 Å². The van der Waals surface area contributed by atoms with Crippen molar-refractivity contribution in [2.24, 2.45) is 5.92 Å². The molecule has 0 radical (unpaired) electrons. The number of hydrogen-bond acceptors (Lipinski definition) is 17. The van der Waals surface area contributed by atoms with Gasteiger partial charge in [0.25, 0.3) is 17.7 Å². The number of benzene rings is 4. The van der Waals surface area contributed by atoms with Crippen molar-refractivity contribution < 1.29 is 84.1 Å². The predicted octanol–water partition coefficient (Wildman–Crippen LogP) is -0.654. The second-order valence-corrected chi connectivity index (χ2v) is 24.2.